The van der Waals surface area contributed by atoms with E-state index in [1.807, 2.05) is 13.8 Å². The molecule has 0 heterocycles. The number of rotatable bonds is 5. The first-order valence-electron chi connectivity index (χ1n) is 5.81. The Hall–Kier alpha value is -1.26. The molecule has 5 heteroatoms. The molecule has 0 saturated carbocycles. The number of nitrogens with one attached hydrogen (secondary N) is 1. The molecule has 0 radical (unpaired) electrons. The number of hydrogen-bond acceptors (Lipinski definition) is 3. The first-order chi connectivity index (χ1) is 7.61. The van der Waals surface area contributed by atoms with E-state index >= 15 is 0 Å². The van der Waals surface area contributed by atoms with E-state index in [1.54, 1.807) is 20.8 Å². The molecule has 0 rings (SSSR count). The van der Waals surface area contributed by atoms with Crippen molar-refractivity contribution in [2.45, 2.75) is 46.6 Å². The van der Waals surface area contributed by atoms with Crippen molar-refractivity contribution in [3.8, 4) is 0 Å². The van der Waals surface area contributed by atoms with Gasteiger partial charge >= 0.3 is 12.1 Å². The van der Waals surface area contributed by atoms with Gasteiger partial charge in [0.1, 0.15) is 5.60 Å². The first-order valence-corrected chi connectivity index (χ1v) is 5.81. The summed E-state index contributed by atoms with van der Waals surface area (Å²) in [6.45, 7) is 9.45. The second kappa shape index (κ2) is 6.47. The molecule has 0 aliphatic rings. The van der Waals surface area contributed by atoms with Crippen LogP contribution in [0.5, 0.6) is 0 Å². The van der Waals surface area contributed by atoms with Gasteiger partial charge in [-0.1, -0.05) is 13.8 Å². The molecule has 0 aliphatic carbocycles. The van der Waals surface area contributed by atoms with Gasteiger partial charge in [0.15, 0.2) is 0 Å². The maximum Gasteiger partial charge on any atom is 0.404 e. The van der Waals surface area contributed by atoms with Crippen LogP contribution in [0, 0.1) is 11.8 Å². The fourth-order valence-corrected chi connectivity index (χ4v) is 1.43. The lowest BCUT2D eigenvalue weighted by Crippen LogP contribution is -2.36. The molecule has 0 saturated heterocycles. The molecule has 2 N–H and O–H groups in total. The molecular formula is C12H23NO4. The lowest BCUT2D eigenvalue weighted by Gasteiger charge is -2.24. The highest BCUT2D eigenvalue weighted by Crippen LogP contribution is 2.17. The van der Waals surface area contributed by atoms with E-state index in [0.717, 1.165) is 0 Å². The SMILES string of the molecule is CC(C)CC(CNC(=O)O)C(=O)OC(C)(C)C. The number of carbonyl (C=O) groups excluding carboxylic acids is 1. The van der Waals surface area contributed by atoms with Crippen molar-refractivity contribution in [3.05, 3.63) is 0 Å². The lowest BCUT2D eigenvalue weighted by molar-refractivity contribution is -0.160. The molecule has 5 nitrogen and oxygen atoms in total. The summed E-state index contributed by atoms with van der Waals surface area (Å²) in [4.78, 5) is 22.3. The van der Waals surface area contributed by atoms with Crippen molar-refractivity contribution in [2.24, 2.45) is 11.8 Å². The molecule has 0 aromatic rings. The van der Waals surface area contributed by atoms with Gasteiger partial charge in [-0.25, -0.2) is 4.79 Å². The van der Waals surface area contributed by atoms with E-state index in [0.29, 0.717) is 12.3 Å². The number of carboxylic acid groups (broad SMARTS) is 1. The Morgan fingerprint density at radius 3 is 2.18 bits per heavy atom. The van der Waals surface area contributed by atoms with Gasteiger partial charge in [-0.05, 0) is 33.1 Å². The molecule has 0 aromatic heterocycles. The van der Waals surface area contributed by atoms with Gasteiger partial charge in [0, 0.05) is 6.54 Å². The number of esters is 1. The number of hydrogen-bond donors (Lipinski definition) is 2. The lowest BCUT2D eigenvalue weighted by atomic mass is 9.97. The van der Waals surface area contributed by atoms with Crippen LogP contribution in [0.2, 0.25) is 0 Å². The van der Waals surface area contributed by atoms with Crippen molar-refractivity contribution in [2.75, 3.05) is 6.54 Å². The van der Waals surface area contributed by atoms with Crippen LogP contribution in [0.25, 0.3) is 0 Å². The highest BCUT2D eigenvalue weighted by atomic mass is 16.6. The Bertz CT molecular complexity index is 268. The molecule has 100 valence electrons. The predicted molar refractivity (Wildman–Crippen MR) is 64.8 cm³/mol. The van der Waals surface area contributed by atoms with Crippen molar-refractivity contribution < 1.29 is 19.4 Å². The molecule has 0 fully saturated rings. The third-order valence-corrected chi connectivity index (χ3v) is 2.00. The van der Waals surface area contributed by atoms with E-state index in [9.17, 15) is 9.59 Å². The van der Waals surface area contributed by atoms with Crippen molar-refractivity contribution in [3.63, 3.8) is 0 Å². The Morgan fingerprint density at radius 1 is 1.29 bits per heavy atom. The Morgan fingerprint density at radius 2 is 1.82 bits per heavy atom. The predicted octanol–water partition coefficient (Wildman–Crippen LogP) is 2.26. The zero-order chi connectivity index (χ0) is 13.6. The molecule has 17 heavy (non-hydrogen) atoms. The summed E-state index contributed by atoms with van der Waals surface area (Å²) in [5.41, 5.74) is -0.546. The summed E-state index contributed by atoms with van der Waals surface area (Å²) in [6.07, 6.45) is -0.517. The number of ether oxygens (including phenoxy) is 1. The van der Waals surface area contributed by atoms with Crippen LogP contribution in [-0.2, 0) is 9.53 Å². The van der Waals surface area contributed by atoms with Gasteiger partial charge in [-0.3, -0.25) is 4.79 Å². The Balaban J connectivity index is 4.45. The minimum absolute atomic E-state index is 0.0996. The molecule has 0 spiro atoms. The van der Waals surface area contributed by atoms with Crippen LogP contribution < -0.4 is 5.32 Å². The van der Waals surface area contributed by atoms with Gasteiger partial charge in [0.2, 0.25) is 0 Å². The third-order valence-electron chi connectivity index (χ3n) is 2.00. The highest BCUT2D eigenvalue weighted by molar-refractivity contribution is 5.74. The number of amides is 1. The summed E-state index contributed by atoms with van der Waals surface area (Å²) in [7, 11) is 0. The molecule has 1 unspecified atom stereocenters. The van der Waals surface area contributed by atoms with E-state index < -0.39 is 17.6 Å². The number of carbonyl (C=O) groups is 2. The third kappa shape index (κ3) is 8.54. The smallest absolute Gasteiger partial charge is 0.404 e. The van der Waals surface area contributed by atoms with Crippen LogP contribution in [0.1, 0.15) is 41.0 Å². The first kappa shape index (κ1) is 15.7. The minimum atomic E-state index is -1.12. The normalized spacial score (nSPS) is 13.3. The largest absolute Gasteiger partial charge is 0.465 e. The minimum Gasteiger partial charge on any atom is -0.465 e. The zero-order valence-corrected chi connectivity index (χ0v) is 11.2. The van der Waals surface area contributed by atoms with E-state index in [2.05, 4.69) is 5.32 Å². The average molecular weight is 245 g/mol. The van der Waals surface area contributed by atoms with Crippen LogP contribution in [0.15, 0.2) is 0 Å². The van der Waals surface area contributed by atoms with Crippen LogP contribution in [0.4, 0.5) is 4.79 Å². The van der Waals surface area contributed by atoms with E-state index in [-0.39, 0.29) is 12.5 Å². The summed E-state index contributed by atoms with van der Waals surface area (Å²) in [6, 6.07) is 0. The highest BCUT2D eigenvalue weighted by Gasteiger charge is 2.26. The van der Waals surface area contributed by atoms with Gasteiger partial charge in [-0.2, -0.15) is 0 Å². The van der Waals surface area contributed by atoms with Gasteiger partial charge < -0.3 is 15.2 Å². The van der Waals surface area contributed by atoms with Crippen LogP contribution >= 0.6 is 0 Å². The standard InChI is InChI=1S/C12H23NO4/c1-8(2)6-9(7-13-11(15)16)10(14)17-12(3,4)5/h8-9,13H,6-7H2,1-5H3,(H,15,16). The Kier molecular flexibility index (Phi) is 5.99. The zero-order valence-electron chi connectivity index (χ0n) is 11.2. The quantitative estimate of drug-likeness (QED) is 0.728. The van der Waals surface area contributed by atoms with E-state index in [4.69, 9.17) is 9.84 Å². The fourth-order valence-electron chi connectivity index (χ4n) is 1.43. The summed E-state index contributed by atoms with van der Waals surface area (Å²) >= 11 is 0. The van der Waals surface area contributed by atoms with Crippen molar-refractivity contribution in [1.82, 2.24) is 5.32 Å². The molecule has 1 atom stereocenters. The monoisotopic (exact) mass is 245 g/mol. The summed E-state index contributed by atoms with van der Waals surface area (Å²) < 4.78 is 5.26. The van der Waals surface area contributed by atoms with Crippen LogP contribution in [-0.4, -0.2) is 29.3 Å². The molecule has 0 aromatic carbocycles. The maximum atomic E-state index is 11.9. The molecule has 1 amide bonds. The van der Waals surface area contributed by atoms with Gasteiger partial charge in [0.25, 0.3) is 0 Å². The van der Waals surface area contributed by atoms with Gasteiger partial charge in [-0.15, -0.1) is 0 Å². The topological polar surface area (TPSA) is 75.6 Å². The Labute approximate surface area is 103 Å². The molecule has 0 bridgehead atoms. The second-order valence-corrected chi connectivity index (χ2v) is 5.55. The fraction of sp³-hybridized carbons (Fsp3) is 0.833. The molecule has 0 aliphatic heterocycles. The van der Waals surface area contributed by atoms with Gasteiger partial charge in [0.05, 0.1) is 5.92 Å². The summed E-state index contributed by atoms with van der Waals surface area (Å²) in [5.74, 6) is -0.464. The van der Waals surface area contributed by atoms with Crippen molar-refractivity contribution >= 4 is 12.1 Å². The maximum absolute atomic E-state index is 11.9. The second-order valence-electron chi connectivity index (χ2n) is 5.55. The van der Waals surface area contributed by atoms with Crippen LogP contribution in [0.3, 0.4) is 0 Å². The van der Waals surface area contributed by atoms with E-state index in [1.165, 1.54) is 0 Å². The average Bonchev–Trinajstić information content (AvgIpc) is 2.08. The van der Waals surface area contributed by atoms with Crippen molar-refractivity contribution in [1.29, 1.82) is 0 Å². The summed E-state index contributed by atoms with van der Waals surface area (Å²) in [5, 5.41) is 10.8. The molecular weight excluding hydrogens is 222 g/mol.